The van der Waals surface area contributed by atoms with Gasteiger partial charge in [-0.25, -0.2) is 13.2 Å². The van der Waals surface area contributed by atoms with E-state index in [9.17, 15) is 13.2 Å². The summed E-state index contributed by atoms with van der Waals surface area (Å²) in [6.07, 6.45) is 1.50. The maximum atomic E-state index is 13.0. The number of sulfonamides is 1. The van der Waals surface area contributed by atoms with E-state index in [1.54, 1.807) is 12.1 Å². The van der Waals surface area contributed by atoms with E-state index in [-0.39, 0.29) is 16.5 Å². The lowest BCUT2D eigenvalue weighted by Crippen LogP contribution is -2.42. The van der Waals surface area contributed by atoms with Gasteiger partial charge in [0.2, 0.25) is 10.0 Å². The second kappa shape index (κ2) is 7.21. The molecule has 0 spiro atoms. The molecular weight excluding hydrogens is 304 g/mol. The van der Waals surface area contributed by atoms with Crippen molar-refractivity contribution in [1.29, 1.82) is 0 Å². The van der Waals surface area contributed by atoms with Gasteiger partial charge in [0.05, 0.1) is 17.6 Å². The average molecular weight is 326 g/mol. The lowest BCUT2D eigenvalue weighted by molar-refractivity contribution is 0.0596. The summed E-state index contributed by atoms with van der Waals surface area (Å²) in [5.74, 6) is -0.639. The Morgan fingerprint density at radius 2 is 2.14 bits per heavy atom. The summed E-state index contributed by atoms with van der Waals surface area (Å²) in [7, 11) is -2.49. The van der Waals surface area contributed by atoms with Gasteiger partial charge in [0, 0.05) is 19.1 Å². The Bertz CT molecular complexity index is 624. The molecule has 22 heavy (non-hydrogen) atoms. The zero-order valence-electron chi connectivity index (χ0n) is 12.9. The zero-order chi connectivity index (χ0) is 16.2. The molecule has 1 heterocycles. The first-order valence-corrected chi connectivity index (χ1v) is 8.86. The molecule has 1 N–H and O–H groups in total. The monoisotopic (exact) mass is 326 g/mol. The van der Waals surface area contributed by atoms with Gasteiger partial charge in [-0.15, -0.1) is 0 Å². The van der Waals surface area contributed by atoms with Crippen molar-refractivity contribution in [1.82, 2.24) is 9.62 Å². The summed E-state index contributed by atoms with van der Waals surface area (Å²) >= 11 is 0. The molecule has 7 heteroatoms. The Labute approximate surface area is 131 Å². The molecule has 1 saturated heterocycles. The number of hydrogen-bond donors (Lipinski definition) is 1. The molecule has 122 valence electrons. The Morgan fingerprint density at radius 3 is 2.73 bits per heavy atom. The quantitative estimate of drug-likeness (QED) is 0.796. The summed E-state index contributed by atoms with van der Waals surface area (Å²) in [4.78, 5) is 11.9. The number of rotatable bonds is 6. The molecule has 0 amide bonds. The number of carbonyl (C=O) groups is 1. The number of ether oxygens (including phenoxy) is 1. The maximum Gasteiger partial charge on any atom is 0.339 e. The third kappa shape index (κ3) is 3.31. The van der Waals surface area contributed by atoms with E-state index in [4.69, 9.17) is 4.74 Å². The van der Waals surface area contributed by atoms with E-state index in [0.29, 0.717) is 13.1 Å². The highest BCUT2D eigenvalue weighted by molar-refractivity contribution is 7.89. The van der Waals surface area contributed by atoms with E-state index in [2.05, 4.69) is 5.32 Å². The van der Waals surface area contributed by atoms with Crippen molar-refractivity contribution in [3.63, 3.8) is 0 Å². The third-order valence-corrected chi connectivity index (χ3v) is 5.77. The van der Waals surface area contributed by atoms with Crippen molar-refractivity contribution >= 4 is 16.0 Å². The van der Waals surface area contributed by atoms with E-state index < -0.39 is 16.0 Å². The second-order valence-electron chi connectivity index (χ2n) is 5.25. The van der Waals surface area contributed by atoms with Gasteiger partial charge < -0.3 is 10.1 Å². The second-order valence-corrected chi connectivity index (χ2v) is 7.11. The van der Waals surface area contributed by atoms with Gasteiger partial charge in [-0.2, -0.15) is 4.31 Å². The van der Waals surface area contributed by atoms with Gasteiger partial charge in [0.1, 0.15) is 0 Å². The summed E-state index contributed by atoms with van der Waals surface area (Å²) in [6, 6.07) is 6.13. The van der Waals surface area contributed by atoms with Crippen LogP contribution in [0, 0.1) is 0 Å². The highest BCUT2D eigenvalue weighted by atomic mass is 32.2. The average Bonchev–Trinajstić information content (AvgIpc) is 3.05. The lowest BCUT2D eigenvalue weighted by atomic mass is 10.2. The zero-order valence-corrected chi connectivity index (χ0v) is 13.7. The smallest absolute Gasteiger partial charge is 0.339 e. The highest BCUT2D eigenvalue weighted by Gasteiger charge is 2.34. The Kier molecular flexibility index (Phi) is 5.55. The molecule has 1 fully saturated rings. The predicted molar refractivity (Wildman–Crippen MR) is 83.2 cm³/mol. The van der Waals surface area contributed by atoms with Crippen molar-refractivity contribution in [3.05, 3.63) is 29.8 Å². The molecule has 0 aliphatic carbocycles. The van der Waals surface area contributed by atoms with Crippen LogP contribution in [0.1, 0.15) is 30.1 Å². The Balaban J connectivity index is 2.45. The van der Waals surface area contributed by atoms with Crippen molar-refractivity contribution in [2.45, 2.75) is 30.7 Å². The summed E-state index contributed by atoms with van der Waals surface area (Å²) < 4.78 is 32.3. The maximum absolute atomic E-state index is 13.0. The van der Waals surface area contributed by atoms with E-state index in [0.717, 1.165) is 19.4 Å². The fourth-order valence-electron chi connectivity index (χ4n) is 2.70. The minimum absolute atomic E-state index is 0.0159. The summed E-state index contributed by atoms with van der Waals surface area (Å²) in [6.45, 7) is 3.82. The van der Waals surface area contributed by atoms with Crippen molar-refractivity contribution < 1.29 is 17.9 Å². The van der Waals surface area contributed by atoms with Crippen LogP contribution in [0.5, 0.6) is 0 Å². The molecule has 6 nitrogen and oxygen atoms in total. The predicted octanol–water partition coefficient (Wildman–Crippen LogP) is 1.24. The van der Waals surface area contributed by atoms with Crippen molar-refractivity contribution in [2.24, 2.45) is 0 Å². The summed E-state index contributed by atoms with van der Waals surface area (Å²) in [5.41, 5.74) is 0.0806. The van der Waals surface area contributed by atoms with Crippen LogP contribution < -0.4 is 5.32 Å². The van der Waals surface area contributed by atoms with Gasteiger partial charge in [-0.3, -0.25) is 0 Å². The number of benzene rings is 1. The first-order chi connectivity index (χ1) is 10.5. The van der Waals surface area contributed by atoms with Gasteiger partial charge in [-0.1, -0.05) is 19.1 Å². The lowest BCUT2D eigenvalue weighted by Gasteiger charge is -2.27. The van der Waals surface area contributed by atoms with Crippen LogP contribution in [0.4, 0.5) is 0 Å². The number of carbonyl (C=O) groups excluding carboxylic acids is 1. The topological polar surface area (TPSA) is 75.7 Å². The van der Waals surface area contributed by atoms with Gasteiger partial charge >= 0.3 is 5.97 Å². The first-order valence-electron chi connectivity index (χ1n) is 7.42. The number of hydrogen-bond acceptors (Lipinski definition) is 5. The van der Waals surface area contributed by atoms with Crippen molar-refractivity contribution in [2.75, 3.05) is 26.7 Å². The number of nitrogens with zero attached hydrogens (tertiary/aromatic N) is 1. The SMILES string of the molecule is CCCN(C1CCNC1)S(=O)(=O)c1ccccc1C(=O)OC. The standard InChI is InChI=1S/C15H22N2O4S/c1-3-10-17(12-8-9-16-11-12)22(19,20)14-7-5-4-6-13(14)15(18)21-2/h4-7,12,16H,3,8-11H2,1-2H3. The number of nitrogens with one attached hydrogen (secondary N) is 1. The molecule has 0 saturated carbocycles. The Hall–Kier alpha value is -1.44. The van der Waals surface area contributed by atoms with Crippen LogP contribution in [0.15, 0.2) is 29.2 Å². The fourth-order valence-corrected chi connectivity index (χ4v) is 4.63. The minimum atomic E-state index is -3.74. The largest absolute Gasteiger partial charge is 0.465 e. The molecule has 0 radical (unpaired) electrons. The van der Waals surface area contributed by atoms with Crippen LogP contribution in [0.25, 0.3) is 0 Å². The number of methoxy groups -OCH3 is 1. The third-order valence-electron chi connectivity index (χ3n) is 3.76. The van der Waals surface area contributed by atoms with Gasteiger partial charge in [-0.05, 0) is 31.5 Å². The molecule has 0 aromatic heterocycles. The molecule has 1 aliphatic rings. The molecular formula is C15H22N2O4S. The molecule has 1 aliphatic heterocycles. The highest BCUT2D eigenvalue weighted by Crippen LogP contribution is 2.25. The number of esters is 1. The van der Waals surface area contributed by atoms with E-state index in [1.807, 2.05) is 6.92 Å². The van der Waals surface area contributed by atoms with Crippen LogP contribution >= 0.6 is 0 Å². The van der Waals surface area contributed by atoms with Crippen LogP contribution in [0.2, 0.25) is 0 Å². The summed E-state index contributed by atoms with van der Waals surface area (Å²) in [5, 5.41) is 3.19. The molecule has 2 rings (SSSR count). The molecule has 1 unspecified atom stereocenters. The molecule has 1 atom stereocenters. The van der Waals surface area contributed by atoms with Crippen LogP contribution in [0.3, 0.4) is 0 Å². The fraction of sp³-hybridized carbons (Fsp3) is 0.533. The molecule has 0 bridgehead atoms. The van der Waals surface area contributed by atoms with Crippen LogP contribution in [-0.2, 0) is 14.8 Å². The minimum Gasteiger partial charge on any atom is -0.465 e. The van der Waals surface area contributed by atoms with Gasteiger partial charge in [0.25, 0.3) is 0 Å². The molecule has 1 aromatic carbocycles. The normalized spacial score (nSPS) is 18.6. The van der Waals surface area contributed by atoms with E-state index in [1.165, 1.54) is 23.5 Å². The molecule has 1 aromatic rings. The van der Waals surface area contributed by atoms with E-state index >= 15 is 0 Å². The van der Waals surface area contributed by atoms with Crippen molar-refractivity contribution in [3.8, 4) is 0 Å². The Morgan fingerprint density at radius 1 is 1.41 bits per heavy atom. The van der Waals surface area contributed by atoms with Gasteiger partial charge in [0.15, 0.2) is 0 Å². The van der Waals surface area contributed by atoms with Crippen LogP contribution in [-0.4, -0.2) is 51.5 Å². The first kappa shape index (κ1) is 16.9.